The topological polar surface area (TPSA) is 43.1 Å². The molecule has 2 aromatic heterocycles. The molecule has 84 valence electrons. The fraction of sp³-hybridized carbons (Fsp3) is 0.0833. The summed E-state index contributed by atoms with van der Waals surface area (Å²) >= 11 is 0. The van der Waals surface area contributed by atoms with Crippen LogP contribution in [0.1, 0.15) is 5.82 Å². The molecule has 3 aromatic rings. The molecule has 1 aromatic carbocycles. The van der Waals surface area contributed by atoms with Crippen molar-refractivity contribution in [3.63, 3.8) is 0 Å². The van der Waals surface area contributed by atoms with E-state index in [1.165, 1.54) is 12.1 Å². The third kappa shape index (κ3) is 1.65. The second-order valence-corrected chi connectivity index (χ2v) is 3.76. The lowest BCUT2D eigenvalue weighted by molar-refractivity contribution is 0.628. The predicted molar refractivity (Wildman–Crippen MR) is 60.9 cm³/mol. The van der Waals surface area contributed by atoms with Crippen molar-refractivity contribution in [1.82, 2.24) is 19.6 Å². The van der Waals surface area contributed by atoms with E-state index in [1.54, 1.807) is 22.9 Å². The van der Waals surface area contributed by atoms with Crippen molar-refractivity contribution >= 4 is 5.65 Å². The molecule has 0 saturated heterocycles. The summed E-state index contributed by atoms with van der Waals surface area (Å²) in [7, 11) is 0. The van der Waals surface area contributed by atoms with Crippen LogP contribution in [-0.2, 0) is 0 Å². The molecule has 0 amide bonds. The molecule has 0 aliphatic rings. The van der Waals surface area contributed by atoms with Crippen LogP contribution < -0.4 is 0 Å². The molecule has 0 radical (unpaired) electrons. The Balaban J connectivity index is 2.18. The molecule has 0 N–H and O–H groups in total. The van der Waals surface area contributed by atoms with Gasteiger partial charge in [0.15, 0.2) is 5.65 Å². The lowest BCUT2D eigenvalue weighted by atomic mass is 10.1. The molecule has 0 saturated carbocycles. The van der Waals surface area contributed by atoms with Crippen LogP contribution in [0.5, 0.6) is 0 Å². The molecule has 0 spiro atoms. The van der Waals surface area contributed by atoms with E-state index in [0.717, 1.165) is 11.4 Å². The van der Waals surface area contributed by atoms with Crippen molar-refractivity contribution in [2.75, 3.05) is 0 Å². The van der Waals surface area contributed by atoms with Gasteiger partial charge in [0.1, 0.15) is 18.0 Å². The van der Waals surface area contributed by atoms with Gasteiger partial charge in [0, 0.05) is 11.6 Å². The highest BCUT2D eigenvalue weighted by Gasteiger charge is 2.05. The lowest BCUT2D eigenvalue weighted by Gasteiger charge is -2.01. The zero-order chi connectivity index (χ0) is 11.8. The third-order valence-electron chi connectivity index (χ3n) is 2.59. The molecule has 0 fully saturated rings. The van der Waals surface area contributed by atoms with E-state index in [4.69, 9.17) is 0 Å². The molecule has 17 heavy (non-hydrogen) atoms. The van der Waals surface area contributed by atoms with E-state index in [-0.39, 0.29) is 5.82 Å². The fourth-order valence-corrected chi connectivity index (χ4v) is 1.71. The van der Waals surface area contributed by atoms with Crippen LogP contribution in [0.25, 0.3) is 16.9 Å². The van der Waals surface area contributed by atoms with Gasteiger partial charge in [0.25, 0.3) is 0 Å². The minimum Gasteiger partial charge on any atom is -0.269 e. The van der Waals surface area contributed by atoms with Gasteiger partial charge < -0.3 is 0 Å². The van der Waals surface area contributed by atoms with E-state index in [0.29, 0.717) is 11.3 Å². The maximum Gasteiger partial charge on any atom is 0.164 e. The molecule has 5 heteroatoms. The number of nitrogens with zero attached hydrogens (tertiary/aromatic N) is 4. The Hall–Kier alpha value is -2.30. The van der Waals surface area contributed by atoms with E-state index in [2.05, 4.69) is 15.2 Å². The van der Waals surface area contributed by atoms with E-state index >= 15 is 0 Å². The normalized spacial score (nSPS) is 10.9. The Bertz CT molecular complexity index is 690. The van der Waals surface area contributed by atoms with Crippen molar-refractivity contribution in [1.29, 1.82) is 0 Å². The second-order valence-electron chi connectivity index (χ2n) is 3.76. The van der Waals surface area contributed by atoms with Crippen LogP contribution in [0.3, 0.4) is 0 Å². The van der Waals surface area contributed by atoms with E-state index < -0.39 is 0 Å². The Morgan fingerprint density at radius 3 is 2.88 bits per heavy atom. The van der Waals surface area contributed by atoms with Gasteiger partial charge in [-0.1, -0.05) is 12.1 Å². The molecular weight excluding hydrogens is 219 g/mol. The number of hydrogen-bond donors (Lipinski definition) is 0. The summed E-state index contributed by atoms with van der Waals surface area (Å²) in [6.07, 6.45) is 1.64. The SMILES string of the molecule is Cc1nnc2cc(-c3cccc(F)c3)ncn12. The van der Waals surface area contributed by atoms with Crippen LogP contribution in [0, 0.1) is 12.7 Å². The monoisotopic (exact) mass is 228 g/mol. The Labute approximate surface area is 96.8 Å². The number of halogens is 1. The number of hydrogen-bond acceptors (Lipinski definition) is 3. The minimum absolute atomic E-state index is 0.276. The number of aromatic nitrogens is 4. The number of fused-ring (bicyclic) bond motifs is 1. The van der Waals surface area contributed by atoms with Gasteiger partial charge in [-0.3, -0.25) is 4.40 Å². The van der Waals surface area contributed by atoms with Gasteiger partial charge in [-0.2, -0.15) is 0 Å². The molecule has 0 aliphatic carbocycles. The van der Waals surface area contributed by atoms with Gasteiger partial charge in [0.05, 0.1) is 5.69 Å². The molecule has 2 heterocycles. The standard InChI is InChI=1S/C12H9FN4/c1-8-15-16-12-6-11(14-7-17(8)12)9-3-2-4-10(13)5-9/h2-7H,1H3. The summed E-state index contributed by atoms with van der Waals surface area (Å²) in [4.78, 5) is 4.27. The van der Waals surface area contributed by atoms with Gasteiger partial charge in [-0.25, -0.2) is 9.37 Å². The first-order chi connectivity index (χ1) is 8.24. The molecule has 0 bridgehead atoms. The molecule has 0 unspecified atom stereocenters. The predicted octanol–water partition coefficient (Wildman–Crippen LogP) is 2.24. The van der Waals surface area contributed by atoms with Crippen molar-refractivity contribution in [3.05, 3.63) is 48.3 Å². The van der Waals surface area contributed by atoms with E-state index in [1.807, 2.05) is 13.0 Å². The maximum absolute atomic E-state index is 13.1. The van der Waals surface area contributed by atoms with Gasteiger partial charge in [-0.05, 0) is 19.1 Å². The van der Waals surface area contributed by atoms with E-state index in [9.17, 15) is 4.39 Å². The van der Waals surface area contributed by atoms with Crippen LogP contribution in [0.15, 0.2) is 36.7 Å². The summed E-state index contributed by atoms with van der Waals surface area (Å²) in [6, 6.07) is 8.11. The van der Waals surface area contributed by atoms with Gasteiger partial charge in [-0.15, -0.1) is 10.2 Å². The summed E-state index contributed by atoms with van der Waals surface area (Å²) < 4.78 is 14.9. The highest BCUT2D eigenvalue weighted by Crippen LogP contribution is 2.18. The molecule has 0 aliphatic heterocycles. The van der Waals surface area contributed by atoms with Crippen LogP contribution in [0.4, 0.5) is 4.39 Å². The quantitative estimate of drug-likeness (QED) is 0.641. The summed E-state index contributed by atoms with van der Waals surface area (Å²) in [5.74, 6) is 0.500. The largest absolute Gasteiger partial charge is 0.269 e. The van der Waals surface area contributed by atoms with Crippen molar-refractivity contribution in [3.8, 4) is 11.3 Å². The summed E-state index contributed by atoms with van der Waals surface area (Å²) in [5.41, 5.74) is 2.12. The Kier molecular flexibility index (Phi) is 2.11. The maximum atomic E-state index is 13.1. The van der Waals surface area contributed by atoms with Gasteiger partial charge >= 0.3 is 0 Å². The molecular formula is C12H9FN4. The smallest absolute Gasteiger partial charge is 0.164 e. The number of rotatable bonds is 1. The van der Waals surface area contributed by atoms with Crippen molar-refractivity contribution in [2.45, 2.75) is 6.92 Å². The first-order valence-corrected chi connectivity index (χ1v) is 5.17. The van der Waals surface area contributed by atoms with Crippen molar-refractivity contribution < 1.29 is 4.39 Å². The number of aryl methyl sites for hydroxylation is 1. The highest BCUT2D eigenvalue weighted by atomic mass is 19.1. The highest BCUT2D eigenvalue weighted by molar-refractivity contribution is 5.63. The van der Waals surface area contributed by atoms with Crippen LogP contribution in [0.2, 0.25) is 0 Å². The first-order valence-electron chi connectivity index (χ1n) is 5.17. The number of benzene rings is 1. The zero-order valence-corrected chi connectivity index (χ0v) is 9.13. The van der Waals surface area contributed by atoms with Crippen LogP contribution in [-0.4, -0.2) is 19.6 Å². The summed E-state index contributed by atoms with van der Waals surface area (Å²) in [6.45, 7) is 1.85. The van der Waals surface area contributed by atoms with Crippen molar-refractivity contribution in [2.24, 2.45) is 0 Å². The van der Waals surface area contributed by atoms with Gasteiger partial charge in [0.2, 0.25) is 0 Å². The second kappa shape index (κ2) is 3.62. The third-order valence-corrected chi connectivity index (χ3v) is 2.59. The fourth-order valence-electron chi connectivity index (χ4n) is 1.71. The van der Waals surface area contributed by atoms with Crippen LogP contribution >= 0.6 is 0 Å². The molecule has 0 atom stereocenters. The summed E-state index contributed by atoms with van der Waals surface area (Å²) in [5, 5.41) is 7.95. The lowest BCUT2D eigenvalue weighted by Crippen LogP contribution is -1.92. The first kappa shape index (κ1) is 9.89. The molecule has 4 nitrogen and oxygen atoms in total. The average Bonchev–Trinajstić information content (AvgIpc) is 2.71. The Morgan fingerprint density at radius 2 is 2.06 bits per heavy atom. The zero-order valence-electron chi connectivity index (χ0n) is 9.13. The molecule has 3 rings (SSSR count). The Morgan fingerprint density at radius 1 is 1.18 bits per heavy atom. The minimum atomic E-state index is -0.276. The average molecular weight is 228 g/mol.